The molecule has 0 heterocycles. The zero-order valence-corrected chi connectivity index (χ0v) is 17.7. The number of rotatable bonds is 9. The number of amides is 1. The van der Waals surface area contributed by atoms with Crippen LogP contribution in [0.25, 0.3) is 0 Å². The summed E-state index contributed by atoms with van der Waals surface area (Å²) in [6.45, 7) is 4.01. The summed E-state index contributed by atoms with van der Waals surface area (Å²) in [4.78, 5) is 12.3. The standard InChI is InChI=1S/C21H28N2O4S/c1-16-8-5-12-20(17(16)2)23(28(4,25)26)15-21(24)22-13-7-10-18-9-6-11-19(14-18)27-3/h5-6,8-9,11-12,14H,7,10,13,15H2,1-4H3,(H,22,24). The Hall–Kier alpha value is -2.54. The molecule has 0 aliphatic carbocycles. The summed E-state index contributed by atoms with van der Waals surface area (Å²) in [5.74, 6) is 0.482. The van der Waals surface area contributed by atoms with Gasteiger partial charge in [0.25, 0.3) is 0 Å². The Morgan fingerprint density at radius 2 is 1.86 bits per heavy atom. The zero-order chi connectivity index (χ0) is 20.7. The van der Waals surface area contributed by atoms with E-state index >= 15 is 0 Å². The number of aryl methyl sites for hydroxylation is 2. The molecule has 0 saturated carbocycles. The molecular weight excluding hydrogens is 376 g/mol. The van der Waals surface area contributed by atoms with E-state index in [1.54, 1.807) is 19.2 Å². The van der Waals surface area contributed by atoms with Gasteiger partial charge in [0.1, 0.15) is 12.3 Å². The van der Waals surface area contributed by atoms with Crippen molar-refractivity contribution < 1.29 is 17.9 Å². The van der Waals surface area contributed by atoms with Crippen molar-refractivity contribution in [1.82, 2.24) is 5.32 Å². The lowest BCUT2D eigenvalue weighted by molar-refractivity contribution is -0.119. The van der Waals surface area contributed by atoms with Gasteiger partial charge < -0.3 is 10.1 Å². The largest absolute Gasteiger partial charge is 0.497 e. The van der Waals surface area contributed by atoms with Crippen molar-refractivity contribution in [2.75, 3.05) is 30.8 Å². The van der Waals surface area contributed by atoms with Crippen LogP contribution in [0.3, 0.4) is 0 Å². The number of nitrogens with zero attached hydrogens (tertiary/aromatic N) is 1. The molecule has 6 nitrogen and oxygen atoms in total. The van der Waals surface area contributed by atoms with Gasteiger partial charge >= 0.3 is 0 Å². The Morgan fingerprint density at radius 3 is 2.54 bits per heavy atom. The number of sulfonamides is 1. The van der Waals surface area contributed by atoms with Gasteiger partial charge in [0.05, 0.1) is 19.1 Å². The van der Waals surface area contributed by atoms with E-state index in [1.165, 1.54) is 0 Å². The lowest BCUT2D eigenvalue weighted by Gasteiger charge is -2.24. The quantitative estimate of drug-likeness (QED) is 0.652. The third-order valence-corrected chi connectivity index (χ3v) is 5.76. The van der Waals surface area contributed by atoms with E-state index in [2.05, 4.69) is 5.32 Å². The number of carbonyl (C=O) groups is 1. The molecular formula is C21H28N2O4S. The van der Waals surface area contributed by atoms with Gasteiger partial charge in [-0.1, -0.05) is 24.3 Å². The average Bonchev–Trinajstić information content (AvgIpc) is 2.65. The Labute approximate surface area is 167 Å². The third kappa shape index (κ3) is 5.99. The van der Waals surface area contributed by atoms with E-state index in [9.17, 15) is 13.2 Å². The van der Waals surface area contributed by atoms with Crippen LogP contribution in [-0.2, 0) is 21.2 Å². The highest BCUT2D eigenvalue weighted by Crippen LogP contribution is 2.24. The predicted octanol–water partition coefficient (Wildman–Crippen LogP) is 2.83. The summed E-state index contributed by atoms with van der Waals surface area (Å²) < 4.78 is 30.8. The summed E-state index contributed by atoms with van der Waals surface area (Å²) in [5.41, 5.74) is 3.49. The molecule has 0 aliphatic rings. The van der Waals surface area contributed by atoms with Gasteiger partial charge in [-0.2, -0.15) is 0 Å². The molecule has 1 amide bonds. The summed E-state index contributed by atoms with van der Waals surface area (Å²) in [7, 11) is -1.95. The first kappa shape index (κ1) is 21.8. The number of hydrogen-bond donors (Lipinski definition) is 1. The molecule has 2 aromatic rings. The fraction of sp³-hybridized carbons (Fsp3) is 0.381. The number of anilines is 1. The van der Waals surface area contributed by atoms with Gasteiger partial charge in [-0.3, -0.25) is 9.10 Å². The first-order valence-corrected chi connectivity index (χ1v) is 11.0. The van der Waals surface area contributed by atoms with Crippen molar-refractivity contribution in [1.29, 1.82) is 0 Å². The first-order chi connectivity index (χ1) is 13.2. The highest BCUT2D eigenvalue weighted by atomic mass is 32.2. The number of benzene rings is 2. The third-order valence-electron chi connectivity index (χ3n) is 4.63. The van der Waals surface area contributed by atoms with Gasteiger partial charge in [0.2, 0.25) is 15.9 Å². The molecule has 0 radical (unpaired) electrons. The van der Waals surface area contributed by atoms with Crippen molar-refractivity contribution in [2.24, 2.45) is 0 Å². The second-order valence-electron chi connectivity index (χ2n) is 6.79. The lowest BCUT2D eigenvalue weighted by Crippen LogP contribution is -2.41. The lowest BCUT2D eigenvalue weighted by atomic mass is 10.1. The Kier molecular flexibility index (Phi) is 7.45. The molecule has 0 saturated heterocycles. The molecule has 0 bridgehead atoms. The van der Waals surface area contributed by atoms with Crippen molar-refractivity contribution >= 4 is 21.6 Å². The molecule has 0 unspecified atom stereocenters. The summed E-state index contributed by atoms with van der Waals surface area (Å²) in [6, 6.07) is 13.2. The van der Waals surface area contributed by atoms with Crippen LogP contribution in [0.4, 0.5) is 5.69 Å². The molecule has 2 aromatic carbocycles. The van der Waals surface area contributed by atoms with Crippen LogP contribution < -0.4 is 14.4 Å². The molecule has 152 valence electrons. The highest BCUT2D eigenvalue weighted by molar-refractivity contribution is 7.92. The normalized spacial score (nSPS) is 11.1. The number of hydrogen-bond acceptors (Lipinski definition) is 4. The van der Waals surface area contributed by atoms with E-state index in [0.717, 1.165) is 45.8 Å². The highest BCUT2D eigenvalue weighted by Gasteiger charge is 2.22. The Balaban J connectivity index is 1.94. The van der Waals surface area contributed by atoms with Gasteiger partial charge in [-0.15, -0.1) is 0 Å². The van der Waals surface area contributed by atoms with E-state index in [-0.39, 0.29) is 12.5 Å². The molecule has 0 atom stereocenters. The van der Waals surface area contributed by atoms with Crippen molar-refractivity contribution in [3.05, 3.63) is 59.2 Å². The number of methoxy groups -OCH3 is 1. The van der Waals surface area contributed by atoms with Gasteiger partial charge in [-0.05, 0) is 61.6 Å². The van der Waals surface area contributed by atoms with Crippen LogP contribution in [0.1, 0.15) is 23.1 Å². The maximum Gasteiger partial charge on any atom is 0.240 e. The molecule has 28 heavy (non-hydrogen) atoms. The number of ether oxygens (including phenoxy) is 1. The molecule has 0 aromatic heterocycles. The Morgan fingerprint density at radius 1 is 1.14 bits per heavy atom. The molecule has 2 rings (SSSR count). The van der Waals surface area contributed by atoms with E-state index in [0.29, 0.717) is 12.2 Å². The minimum Gasteiger partial charge on any atom is -0.497 e. The number of carbonyl (C=O) groups excluding carboxylic acids is 1. The number of nitrogens with one attached hydrogen (secondary N) is 1. The first-order valence-electron chi connectivity index (χ1n) is 9.16. The maximum atomic E-state index is 12.3. The van der Waals surface area contributed by atoms with Crippen molar-refractivity contribution in [3.63, 3.8) is 0 Å². The molecule has 0 spiro atoms. The fourth-order valence-corrected chi connectivity index (χ4v) is 3.83. The molecule has 0 fully saturated rings. The topological polar surface area (TPSA) is 75.7 Å². The van der Waals surface area contributed by atoms with Crippen LogP contribution >= 0.6 is 0 Å². The van der Waals surface area contributed by atoms with E-state index < -0.39 is 10.0 Å². The van der Waals surface area contributed by atoms with Crippen LogP contribution in [0.2, 0.25) is 0 Å². The van der Waals surface area contributed by atoms with Crippen LogP contribution in [0.5, 0.6) is 5.75 Å². The monoisotopic (exact) mass is 404 g/mol. The molecule has 1 N–H and O–H groups in total. The van der Waals surface area contributed by atoms with Crippen molar-refractivity contribution in [3.8, 4) is 5.75 Å². The van der Waals surface area contributed by atoms with Crippen LogP contribution in [-0.4, -0.2) is 40.8 Å². The second-order valence-corrected chi connectivity index (χ2v) is 8.70. The second kappa shape index (κ2) is 9.59. The molecule has 7 heteroatoms. The zero-order valence-electron chi connectivity index (χ0n) is 16.9. The van der Waals surface area contributed by atoms with Gasteiger partial charge in [0.15, 0.2) is 0 Å². The van der Waals surface area contributed by atoms with Crippen LogP contribution in [0, 0.1) is 13.8 Å². The van der Waals surface area contributed by atoms with E-state index in [4.69, 9.17) is 4.74 Å². The van der Waals surface area contributed by atoms with Gasteiger partial charge in [0, 0.05) is 6.54 Å². The summed E-state index contributed by atoms with van der Waals surface area (Å²) in [5, 5.41) is 2.81. The SMILES string of the molecule is COc1cccc(CCCNC(=O)CN(c2cccc(C)c2C)S(C)(=O)=O)c1. The van der Waals surface area contributed by atoms with Crippen molar-refractivity contribution in [2.45, 2.75) is 26.7 Å². The minimum absolute atomic E-state index is 0.234. The maximum absolute atomic E-state index is 12.3. The van der Waals surface area contributed by atoms with Gasteiger partial charge in [-0.25, -0.2) is 8.42 Å². The summed E-state index contributed by atoms with van der Waals surface area (Å²) >= 11 is 0. The van der Waals surface area contributed by atoms with Crippen LogP contribution in [0.15, 0.2) is 42.5 Å². The summed E-state index contributed by atoms with van der Waals surface area (Å²) in [6.07, 6.45) is 2.66. The fourth-order valence-electron chi connectivity index (χ4n) is 2.92. The minimum atomic E-state index is -3.57. The molecule has 0 aliphatic heterocycles. The Bertz CT molecular complexity index is 926. The van der Waals surface area contributed by atoms with E-state index in [1.807, 2.05) is 44.2 Å². The predicted molar refractivity (Wildman–Crippen MR) is 112 cm³/mol. The smallest absolute Gasteiger partial charge is 0.240 e. The average molecular weight is 405 g/mol.